The maximum Gasteiger partial charge on any atom is 0.307 e. The van der Waals surface area contributed by atoms with Gasteiger partial charge in [-0.25, -0.2) is 5.43 Å². The number of ether oxygens (including phenoxy) is 1. The van der Waals surface area contributed by atoms with Gasteiger partial charge < -0.3 is 14.3 Å². The van der Waals surface area contributed by atoms with E-state index in [1.807, 2.05) is 25.1 Å². The normalized spacial score (nSPS) is 11.0. The van der Waals surface area contributed by atoms with Gasteiger partial charge in [-0.2, -0.15) is 5.10 Å². The number of hydrazone groups is 1. The Bertz CT molecular complexity index is 866. The molecule has 0 atom stereocenters. The Morgan fingerprint density at radius 3 is 2.92 bits per heavy atom. The van der Waals surface area contributed by atoms with E-state index in [0.717, 1.165) is 5.39 Å². The van der Waals surface area contributed by atoms with Gasteiger partial charge in [-0.15, -0.1) is 0 Å². The van der Waals surface area contributed by atoms with Crippen LogP contribution in [0.5, 0.6) is 11.5 Å². The average molecular weight is 324 g/mol. The number of phenolic OH excluding ortho intramolecular Hbond substituents is 1. The van der Waals surface area contributed by atoms with Crippen LogP contribution in [0.25, 0.3) is 11.0 Å². The number of amides is 1. The summed E-state index contributed by atoms with van der Waals surface area (Å²) in [6, 6.07) is 13.8. The zero-order valence-electron chi connectivity index (χ0n) is 13.0. The van der Waals surface area contributed by atoms with Crippen molar-refractivity contribution in [3.63, 3.8) is 0 Å². The van der Waals surface area contributed by atoms with Crippen LogP contribution in [0.15, 0.2) is 58.0 Å². The van der Waals surface area contributed by atoms with Crippen LogP contribution in [0.4, 0.5) is 0 Å². The maximum absolute atomic E-state index is 12.0. The van der Waals surface area contributed by atoms with E-state index in [-0.39, 0.29) is 11.5 Å². The van der Waals surface area contributed by atoms with Crippen LogP contribution in [0.2, 0.25) is 0 Å². The number of hydrogen-bond donors (Lipinski definition) is 2. The third kappa shape index (κ3) is 3.38. The Labute approximate surface area is 138 Å². The standard InChI is InChI=1S/C18H16N2O4/c1-2-23-16-9-12(7-8-14(16)21)11-19-20-18(22)17-10-13-5-3-4-6-15(13)24-17/h3-11,21H,2H2,1H3,(H,20,22)/b19-11+. The second-order valence-corrected chi connectivity index (χ2v) is 5.01. The number of benzene rings is 2. The van der Waals surface area contributed by atoms with Gasteiger partial charge in [0, 0.05) is 5.39 Å². The van der Waals surface area contributed by atoms with Gasteiger partial charge in [-0.1, -0.05) is 18.2 Å². The molecule has 2 N–H and O–H groups in total. The van der Waals surface area contributed by atoms with Gasteiger partial charge in [0.15, 0.2) is 17.3 Å². The molecule has 1 heterocycles. The van der Waals surface area contributed by atoms with E-state index >= 15 is 0 Å². The largest absolute Gasteiger partial charge is 0.504 e. The maximum atomic E-state index is 12.0. The first-order chi connectivity index (χ1) is 11.7. The SMILES string of the molecule is CCOc1cc(/C=N/NC(=O)c2cc3ccccc3o2)ccc1O. The highest BCUT2D eigenvalue weighted by molar-refractivity contribution is 5.96. The summed E-state index contributed by atoms with van der Waals surface area (Å²) in [5.74, 6) is 0.172. The molecule has 0 bridgehead atoms. The van der Waals surface area contributed by atoms with E-state index in [4.69, 9.17) is 9.15 Å². The number of nitrogens with zero attached hydrogens (tertiary/aromatic N) is 1. The Balaban J connectivity index is 1.69. The third-order valence-corrected chi connectivity index (χ3v) is 3.31. The van der Waals surface area contributed by atoms with Crippen molar-refractivity contribution in [2.24, 2.45) is 5.10 Å². The molecule has 122 valence electrons. The minimum atomic E-state index is -0.439. The first-order valence-corrected chi connectivity index (χ1v) is 7.45. The predicted molar refractivity (Wildman–Crippen MR) is 90.6 cm³/mol. The molecule has 24 heavy (non-hydrogen) atoms. The number of phenols is 1. The van der Waals surface area contributed by atoms with Gasteiger partial charge in [0.05, 0.1) is 12.8 Å². The lowest BCUT2D eigenvalue weighted by atomic mass is 10.2. The summed E-state index contributed by atoms with van der Waals surface area (Å²) in [6.45, 7) is 2.27. The molecule has 1 aromatic heterocycles. The van der Waals surface area contributed by atoms with Crippen molar-refractivity contribution in [1.82, 2.24) is 5.43 Å². The highest BCUT2D eigenvalue weighted by Gasteiger charge is 2.11. The smallest absolute Gasteiger partial charge is 0.307 e. The molecule has 0 radical (unpaired) electrons. The molecule has 0 unspecified atom stereocenters. The topological polar surface area (TPSA) is 84.1 Å². The first kappa shape index (κ1) is 15.6. The van der Waals surface area contributed by atoms with Gasteiger partial charge in [-0.05, 0) is 42.8 Å². The molecule has 1 amide bonds. The molecule has 6 heteroatoms. The number of hydrogen-bond acceptors (Lipinski definition) is 5. The fourth-order valence-electron chi connectivity index (χ4n) is 2.20. The zero-order valence-corrected chi connectivity index (χ0v) is 13.0. The van der Waals surface area contributed by atoms with E-state index in [2.05, 4.69) is 10.5 Å². The van der Waals surface area contributed by atoms with Crippen LogP contribution in [0.1, 0.15) is 23.0 Å². The Morgan fingerprint density at radius 1 is 1.29 bits per heavy atom. The van der Waals surface area contributed by atoms with Crippen molar-refractivity contribution in [3.05, 3.63) is 59.9 Å². The minimum Gasteiger partial charge on any atom is -0.504 e. The summed E-state index contributed by atoms with van der Waals surface area (Å²) >= 11 is 0. The molecular formula is C18H16N2O4. The van der Waals surface area contributed by atoms with Crippen LogP contribution in [-0.4, -0.2) is 23.8 Å². The number of aromatic hydroxyl groups is 1. The molecule has 0 saturated carbocycles. The van der Waals surface area contributed by atoms with Crippen molar-refractivity contribution >= 4 is 23.1 Å². The summed E-state index contributed by atoms with van der Waals surface area (Å²) in [5.41, 5.74) is 3.73. The fourth-order valence-corrected chi connectivity index (χ4v) is 2.20. The second-order valence-electron chi connectivity index (χ2n) is 5.01. The van der Waals surface area contributed by atoms with Crippen molar-refractivity contribution in [2.45, 2.75) is 6.92 Å². The lowest BCUT2D eigenvalue weighted by molar-refractivity contribution is 0.0929. The average Bonchev–Trinajstić information content (AvgIpc) is 3.02. The number of carbonyl (C=O) groups excluding carboxylic acids is 1. The molecule has 0 aliphatic rings. The monoisotopic (exact) mass is 324 g/mol. The van der Waals surface area contributed by atoms with E-state index in [0.29, 0.717) is 23.5 Å². The predicted octanol–water partition coefficient (Wildman–Crippen LogP) is 3.30. The van der Waals surface area contributed by atoms with Crippen LogP contribution in [0.3, 0.4) is 0 Å². The highest BCUT2D eigenvalue weighted by Crippen LogP contribution is 2.26. The van der Waals surface area contributed by atoms with Gasteiger partial charge in [0.1, 0.15) is 5.58 Å². The molecule has 2 aromatic carbocycles. The molecule has 0 saturated heterocycles. The third-order valence-electron chi connectivity index (χ3n) is 3.31. The summed E-state index contributed by atoms with van der Waals surface area (Å²) in [5, 5.41) is 14.4. The molecule has 0 aliphatic heterocycles. The minimum absolute atomic E-state index is 0.0558. The van der Waals surface area contributed by atoms with E-state index in [1.165, 1.54) is 12.3 Å². The fraction of sp³-hybridized carbons (Fsp3) is 0.111. The number of rotatable bonds is 5. The van der Waals surface area contributed by atoms with Gasteiger partial charge in [-0.3, -0.25) is 4.79 Å². The molecule has 3 aromatic rings. The van der Waals surface area contributed by atoms with Crippen molar-refractivity contribution < 1.29 is 19.1 Å². The van der Waals surface area contributed by atoms with Gasteiger partial charge in [0.25, 0.3) is 0 Å². The molecule has 0 fully saturated rings. The number of fused-ring (bicyclic) bond motifs is 1. The summed E-state index contributed by atoms with van der Waals surface area (Å²) < 4.78 is 10.8. The lowest BCUT2D eigenvalue weighted by Crippen LogP contribution is -2.16. The number of carbonyl (C=O) groups is 1. The number of nitrogens with one attached hydrogen (secondary N) is 1. The van der Waals surface area contributed by atoms with E-state index < -0.39 is 5.91 Å². The van der Waals surface area contributed by atoms with Crippen LogP contribution in [-0.2, 0) is 0 Å². The molecule has 3 rings (SSSR count). The number of furan rings is 1. The quantitative estimate of drug-likeness (QED) is 0.557. The molecule has 0 spiro atoms. The van der Waals surface area contributed by atoms with E-state index in [9.17, 15) is 9.90 Å². The van der Waals surface area contributed by atoms with Gasteiger partial charge >= 0.3 is 5.91 Å². The molecule has 6 nitrogen and oxygen atoms in total. The Morgan fingerprint density at radius 2 is 2.12 bits per heavy atom. The van der Waals surface area contributed by atoms with Crippen molar-refractivity contribution in [1.29, 1.82) is 0 Å². The number of para-hydroxylation sites is 1. The highest BCUT2D eigenvalue weighted by atomic mass is 16.5. The Hall–Kier alpha value is -3.28. The van der Waals surface area contributed by atoms with Gasteiger partial charge in [0.2, 0.25) is 0 Å². The van der Waals surface area contributed by atoms with Crippen molar-refractivity contribution in [2.75, 3.05) is 6.61 Å². The first-order valence-electron chi connectivity index (χ1n) is 7.45. The van der Waals surface area contributed by atoms with Crippen LogP contribution < -0.4 is 10.2 Å². The summed E-state index contributed by atoms with van der Waals surface area (Å²) in [4.78, 5) is 12.0. The zero-order chi connectivity index (χ0) is 16.9. The Kier molecular flexibility index (Phi) is 4.47. The molecule has 0 aliphatic carbocycles. The second kappa shape index (κ2) is 6.87. The van der Waals surface area contributed by atoms with Crippen molar-refractivity contribution in [3.8, 4) is 11.5 Å². The van der Waals surface area contributed by atoms with E-state index in [1.54, 1.807) is 24.3 Å². The lowest BCUT2D eigenvalue weighted by Gasteiger charge is -2.05. The summed E-state index contributed by atoms with van der Waals surface area (Å²) in [7, 11) is 0. The summed E-state index contributed by atoms with van der Waals surface area (Å²) in [6.07, 6.45) is 1.46. The van der Waals surface area contributed by atoms with Crippen LogP contribution in [0, 0.1) is 0 Å². The molecular weight excluding hydrogens is 308 g/mol. The van der Waals surface area contributed by atoms with Crippen LogP contribution >= 0.6 is 0 Å².